The van der Waals surface area contributed by atoms with E-state index in [2.05, 4.69) is 54.9 Å². The summed E-state index contributed by atoms with van der Waals surface area (Å²) in [6.45, 7) is 11.3. The van der Waals surface area contributed by atoms with Crippen LogP contribution in [0.15, 0.2) is 6.20 Å². The summed E-state index contributed by atoms with van der Waals surface area (Å²) in [5, 5.41) is 3.44. The first-order valence-electron chi connectivity index (χ1n) is 7.86. The molecule has 1 aliphatic heterocycles. The normalized spacial score (nSPS) is 22.0. The van der Waals surface area contributed by atoms with Gasteiger partial charge in [-0.05, 0) is 32.7 Å². The third-order valence-corrected chi connectivity index (χ3v) is 4.09. The quantitative estimate of drug-likeness (QED) is 0.870. The lowest BCUT2D eigenvalue weighted by molar-refractivity contribution is 0.118. The van der Waals surface area contributed by atoms with Crippen LogP contribution >= 0.6 is 0 Å². The maximum atomic E-state index is 5.63. The molecule has 118 valence electrons. The fourth-order valence-corrected chi connectivity index (χ4v) is 2.70. The van der Waals surface area contributed by atoms with E-state index in [0.717, 1.165) is 37.8 Å². The van der Waals surface area contributed by atoms with Crippen LogP contribution < -0.4 is 10.2 Å². The number of aryl methyl sites for hydroxylation is 1. The van der Waals surface area contributed by atoms with Crippen LogP contribution in [0.5, 0.6) is 0 Å². The molecule has 5 nitrogen and oxygen atoms in total. The molecule has 0 spiro atoms. The first kappa shape index (κ1) is 16.2. The fraction of sp³-hybridized carbons (Fsp3) is 0.750. The summed E-state index contributed by atoms with van der Waals surface area (Å²) in [7, 11) is 2.06. The number of ether oxygens (including phenoxy) is 1. The first-order valence-corrected chi connectivity index (χ1v) is 7.86. The molecule has 2 unspecified atom stereocenters. The highest BCUT2D eigenvalue weighted by Gasteiger charge is 2.29. The highest BCUT2D eigenvalue weighted by atomic mass is 16.5. The van der Waals surface area contributed by atoms with Gasteiger partial charge in [-0.15, -0.1) is 0 Å². The number of rotatable bonds is 6. The van der Waals surface area contributed by atoms with E-state index < -0.39 is 0 Å². The summed E-state index contributed by atoms with van der Waals surface area (Å²) in [6.07, 6.45) is 3.23. The van der Waals surface area contributed by atoms with Gasteiger partial charge in [0.2, 0.25) is 5.95 Å². The van der Waals surface area contributed by atoms with Gasteiger partial charge in [-0.3, -0.25) is 0 Å². The molecule has 1 fully saturated rings. The molecule has 0 radical (unpaired) electrons. The summed E-state index contributed by atoms with van der Waals surface area (Å²) < 4.78 is 5.63. The lowest BCUT2D eigenvalue weighted by Gasteiger charge is -2.27. The number of nitrogens with zero attached hydrogens (tertiary/aromatic N) is 3. The molecule has 1 aromatic heterocycles. The Morgan fingerprint density at radius 2 is 2.24 bits per heavy atom. The van der Waals surface area contributed by atoms with Crippen molar-refractivity contribution in [2.24, 2.45) is 5.92 Å². The molecule has 0 bridgehead atoms. The Morgan fingerprint density at radius 1 is 1.48 bits per heavy atom. The minimum absolute atomic E-state index is 0.242. The molecule has 0 amide bonds. The molecule has 2 atom stereocenters. The summed E-state index contributed by atoms with van der Waals surface area (Å²) in [5.41, 5.74) is 2.22. The van der Waals surface area contributed by atoms with Crippen LogP contribution in [0.3, 0.4) is 0 Å². The van der Waals surface area contributed by atoms with E-state index in [4.69, 9.17) is 4.74 Å². The van der Waals surface area contributed by atoms with Crippen molar-refractivity contribution in [3.05, 3.63) is 17.5 Å². The van der Waals surface area contributed by atoms with Crippen molar-refractivity contribution in [1.29, 1.82) is 0 Å². The van der Waals surface area contributed by atoms with E-state index in [-0.39, 0.29) is 6.10 Å². The molecule has 1 aromatic rings. The van der Waals surface area contributed by atoms with Crippen LogP contribution in [0.1, 0.15) is 38.4 Å². The van der Waals surface area contributed by atoms with Gasteiger partial charge in [-0.1, -0.05) is 13.8 Å². The van der Waals surface area contributed by atoms with Crippen molar-refractivity contribution < 1.29 is 4.74 Å². The second kappa shape index (κ2) is 7.18. The summed E-state index contributed by atoms with van der Waals surface area (Å²) >= 11 is 0. The van der Waals surface area contributed by atoms with Crippen molar-refractivity contribution in [1.82, 2.24) is 15.3 Å². The number of nitrogens with one attached hydrogen (secondary N) is 1. The summed E-state index contributed by atoms with van der Waals surface area (Å²) in [6, 6.07) is 0.370. The largest absolute Gasteiger partial charge is 0.376 e. The molecular formula is C16H28N4O. The van der Waals surface area contributed by atoms with E-state index >= 15 is 0 Å². The molecule has 0 aliphatic carbocycles. The predicted octanol–water partition coefficient (Wildman–Crippen LogP) is 2.14. The molecular weight excluding hydrogens is 264 g/mol. The predicted molar refractivity (Wildman–Crippen MR) is 85.5 cm³/mol. The fourth-order valence-electron chi connectivity index (χ4n) is 2.70. The number of likely N-dealkylation sites (N-methyl/N-ethyl adjacent to an activating group) is 1. The molecule has 2 heterocycles. The Hall–Kier alpha value is -1.20. The van der Waals surface area contributed by atoms with Crippen LogP contribution in [-0.2, 0) is 11.3 Å². The molecule has 2 rings (SSSR count). The van der Waals surface area contributed by atoms with Crippen LogP contribution in [0.2, 0.25) is 0 Å². The van der Waals surface area contributed by atoms with Gasteiger partial charge in [0, 0.05) is 37.7 Å². The summed E-state index contributed by atoms with van der Waals surface area (Å²) in [4.78, 5) is 11.4. The third-order valence-electron chi connectivity index (χ3n) is 4.09. The molecule has 0 aromatic carbocycles. The van der Waals surface area contributed by atoms with E-state index in [9.17, 15) is 0 Å². The lowest BCUT2D eigenvalue weighted by atomic mass is 10.1. The highest BCUT2D eigenvalue weighted by molar-refractivity contribution is 5.34. The summed E-state index contributed by atoms with van der Waals surface area (Å²) in [5.74, 6) is 1.45. The zero-order chi connectivity index (χ0) is 15.4. The maximum Gasteiger partial charge on any atom is 0.225 e. The van der Waals surface area contributed by atoms with E-state index in [1.54, 1.807) is 0 Å². The molecule has 21 heavy (non-hydrogen) atoms. The minimum Gasteiger partial charge on any atom is -0.376 e. The van der Waals surface area contributed by atoms with Gasteiger partial charge in [0.15, 0.2) is 0 Å². The average molecular weight is 292 g/mol. The van der Waals surface area contributed by atoms with Gasteiger partial charge in [-0.25, -0.2) is 9.97 Å². The maximum absolute atomic E-state index is 5.63. The van der Waals surface area contributed by atoms with Gasteiger partial charge < -0.3 is 15.0 Å². The Labute approximate surface area is 128 Å². The van der Waals surface area contributed by atoms with Gasteiger partial charge in [0.1, 0.15) is 0 Å². The minimum atomic E-state index is 0.242. The monoisotopic (exact) mass is 292 g/mol. The van der Waals surface area contributed by atoms with Crippen LogP contribution in [0, 0.1) is 12.8 Å². The number of hydrogen-bond donors (Lipinski definition) is 1. The number of anilines is 1. The van der Waals surface area contributed by atoms with Crippen molar-refractivity contribution in [2.75, 3.05) is 25.1 Å². The molecule has 1 aliphatic rings. The second-order valence-corrected chi connectivity index (χ2v) is 6.35. The lowest BCUT2D eigenvalue weighted by Crippen LogP contribution is -2.38. The van der Waals surface area contributed by atoms with Crippen molar-refractivity contribution in [3.8, 4) is 0 Å². The Morgan fingerprint density at radius 3 is 2.81 bits per heavy atom. The first-order chi connectivity index (χ1) is 9.99. The Bertz CT molecular complexity index is 464. The van der Waals surface area contributed by atoms with E-state index in [0.29, 0.717) is 12.0 Å². The highest BCUT2D eigenvalue weighted by Crippen LogP contribution is 2.22. The second-order valence-electron chi connectivity index (χ2n) is 6.35. The SMILES string of the molecule is Cc1nc(N(C)C2CCOC2C)ncc1CNCC(C)C. The van der Waals surface area contributed by atoms with Gasteiger partial charge in [0.05, 0.1) is 12.1 Å². The van der Waals surface area contributed by atoms with Crippen molar-refractivity contribution in [2.45, 2.75) is 52.8 Å². The Kier molecular flexibility index (Phi) is 5.53. The van der Waals surface area contributed by atoms with Crippen LogP contribution in [-0.4, -0.2) is 42.3 Å². The topological polar surface area (TPSA) is 50.3 Å². The van der Waals surface area contributed by atoms with Gasteiger partial charge in [0.25, 0.3) is 0 Å². The smallest absolute Gasteiger partial charge is 0.225 e. The average Bonchev–Trinajstić information content (AvgIpc) is 2.85. The van der Waals surface area contributed by atoms with E-state index in [1.807, 2.05) is 6.20 Å². The molecule has 1 saturated heterocycles. The van der Waals surface area contributed by atoms with E-state index in [1.165, 1.54) is 5.56 Å². The van der Waals surface area contributed by atoms with Crippen LogP contribution in [0.4, 0.5) is 5.95 Å². The van der Waals surface area contributed by atoms with Crippen molar-refractivity contribution >= 4 is 5.95 Å². The third kappa shape index (κ3) is 4.14. The van der Waals surface area contributed by atoms with Crippen LogP contribution in [0.25, 0.3) is 0 Å². The standard InChI is InChI=1S/C16H28N4O/c1-11(2)8-17-9-14-10-18-16(19-12(14)3)20(5)15-6-7-21-13(15)4/h10-11,13,15,17H,6-9H2,1-5H3. The zero-order valence-corrected chi connectivity index (χ0v) is 13.9. The van der Waals surface area contributed by atoms with Gasteiger partial charge in [-0.2, -0.15) is 0 Å². The zero-order valence-electron chi connectivity index (χ0n) is 13.9. The van der Waals surface area contributed by atoms with Crippen molar-refractivity contribution in [3.63, 3.8) is 0 Å². The Balaban J connectivity index is 2.01. The van der Waals surface area contributed by atoms with Gasteiger partial charge >= 0.3 is 0 Å². The molecule has 5 heteroatoms. The molecule has 0 saturated carbocycles. The number of hydrogen-bond acceptors (Lipinski definition) is 5. The number of aromatic nitrogens is 2. The molecule has 1 N–H and O–H groups in total.